The van der Waals surface area contributed by atoms with E-state index in [-0.39, 0.29) is 11.7 Å². The van der Waals surface area contributed by atoms with Crippen LogP contribution < -0.4 is 5.32 Å². The van der Waals surface area contributed by atoms with E-state index in [0.717, 1.165) is 0 Å². The molecule has 2 atom stereocenters. The molecule has 0 aromatic rings. The highest BCUT2D eigenvalue weighted by Crippen LogP contribution is 2.07. The number of carboxylic acids is 1. The molecule has 0 fully saturated rings. The van der Waals surface area contributed by atoms with Gasteiger partial charge in [-0.05, 0) is 26.7 Å². The SMILES string of the molecule is CC(C)CS(=O)CC(NC(=O)OC(C)(C)C)C(=O)O. The third-order valence-corrected chi connectivity index (χ3v) is 3.60. The summed E-state index contributed by atoms with van der Waals surface area (Å²) in [4.78, 5) is 22.5. The maximum atomic E-state index is 11.7. The van der Waals surface area contributed by atoms with Crippen molar-refractivity contribution in [3.63, 3.8) is 0 Å². The second kappa shape index (κ2) is 7.47. The second-order valence-corrected chi connectivity index (χ2v) is 7.25. The Morgan fingerprint density at radius 2 is 1.79 bits per heavy atom. The lowest BCUT2D eigenvalue weighted by Gasteiger charge is -2.22. The van der Waals surface area contributed by atoms with Gasteiger partial charge < -0.3 is 15.2 Å². The molecule has 0 radical (unpaired) electrons. The van der Waals surface area contributed by atoms with Crippen LogP contribution in [0.2, 0.25) is 0 Å². The van der Waals surface area contributed by atoms with E-state index in [2.05, 4.69) is 5.32 Å². The molecule has 0 saturated carbocycles. The molecular weight excluding hydrogens is 270 g/mol. The number of carbonyl (C=O) groups is 2. The van der Waals surface area contributed by atoms with Crippen molar-refractivity contribution < 1.29 is 23.6 Å². The molecule has 1 amide bonds. The molecule has 7 heteroatoms. The minimum atomic E-state index is -1.29. The third kappa shape index (κ3) is 9.47. The predicted octanol–water partition coefficient (Wildman–Crippen LogP) is 1.37. The number of rotatable bonds is 6. The van der Waals surface area contributed by atoms with E-state index in [1.165, 1.54) is 0 Å². The fraction of sp³-hybridized carbons (Fsp3) is 0.833. The quantitative estimate of drug-likeness (QED) is 0.771. The first-order valence-electron chi connectivity index (χ1n) is 6.08. The maximum absolute atomic E-state index is 11.7. The molecule has 0 aliphatic heterocycles. The van der Waals surface area contributed by atoms with Gasteiger partial charge in [-0.2, -0.15) is 0 Å². The molecule has 0 aliphatic carbocycles. The van der Waals surface area contributed by atoms with Gasteiger partial charge in [-0.3, -0.25) is 4.21 Å². The number of ether oxygens (including phenoxy) is 1. The van der Waals surface area contributed by atoms with E-state index in [9.17, 15) is 13.8 Å². The van der Waals surface area contributed by atoms with Gasteiger partial charge in [0.1, 0.15) is 11.6 Å². The Morgan fingerprint density at radius 1 is 1.26 bits per heavy atom. The summed E-state index contributed by atoms with van der Waals surface area (Å²) in [5.41, 5.74) is -0.704. The normalized spacial score (nSPS) is 14.8. The Morgan fingerprint density at radius 3 is 2.16 bits per heavy atom. The highest BCUT2D eigenvalue weighted by Gasteiger charge is 2.25. The molecule has 0 rings (SSSR count). The van der Waals surface area contributed by atoms with Crippen LogP contribution in [0.3, 0.4) is 0 Å². The zero-order chi connectivity index (χ0) is 15.2. The van der Waals surface area contributed by atoms with E-state index in [1.54, 1.807) is 20.8 Å². The third-order valence-electron chi connectivity index (χ3n) is 1.86. The minimum absolute atomic E-state index is 0.118. The van der Waals surface area contributed by atoms with Crippen molar-refractivity contribution in [1.29, 1.82) is 0 Å². The van der Waals surface area contributed by atoms with Crippen molar-refractivity contribution in [3.05, 3.63) is 0 Å². The number of alkyl carbamates (subject to hydrolysis) is 1. The predicted molar refractivity (Wildman–Crippen MR) is 73.5 cm³/mol. The summed E-state index contributed by atoms with van der Waals surface area (Å²) in [7, 11) is -1.29. The summed E-state index contributed by atoms with van der Waals surface area (Å²) in [6.07, 6.45) is -0.818. The van der Waals surface area contributed by atoms with Crippen LogP contribution in [0, 0.1) is 5.92 Å². The van der Waals surface area contributed by atoms with Crippen LogP contribution in [0.15, 0.2) is 0 Å². The van der Waals surface area contributed by atoms with Crippen molar-refractivity contribution in [3.8, 4) is 0 Å². The van der Waals surface area contributed by atoms with Crippen LogP contribution in [0.4, 0.5) is 4.79 Å². The largest absolute Gasteiger partial charge is 0.480 e. The molecule has 112 valence electrons. The lowest BCUT2D eigenvalue weighted by atomic mass is 10.2. The number of aliphatic carboxylic acids is 1. The number of hydrogen-bond acceptors (Lipinski definition) is 4. The van der Waals surface area contributed by atoms with Gasteiger partial charge in [0.2, 0.25) is 0 Å². The topological polar surface area (TPSA) is 92.7 Å². The maximum Gasteiger partial charge on any atom is 0.408 e. The summed E-state index contributed by atoms with van der Waals surface area (Å²) in [6, 6.07) is -1.20. The monoisotopic (exact) mass is 293 g/mol. The molecule has 0 aromatic carbocycles. The lowest BCUT2D eigenvalue weighted by Crippen LogP contribution is -2.46. The molecule has 6 nitrogen and oxygen atoms in total. The average Bonchev–Trinajstić information content (AvgIpc) is 2.11. The fourth-order valence-electron chi connectivity index (χ4n) is 1.25. The second-order valence-electron chi connectivity index (χ2n) is 5.70. The van der Waals surface area contributed by atoms with Crippen LogP contribution in [-0.2, 0) is 20.3 Å². The summed E-state index contributed by atoms with van der Waals surface area (Å²) < 4.78 is 16.7. The standard InChI is InChI=1S/C12H23NO5S/c1-8(2)6-19(17)7-9(10(14)15)13-11(16)18-12(3,4)5/h8-9H,6-7H2,1-5H3,(H,13,16)(H,14,15). The van der Waals surface area contributed by atoms with Gasteiger partial charge in [0.25, 0.3) is 0 Å². The number of carbonyl (C=O) groups excluding carboxylic acids is 1. The Balaban J connectivity index is 4.47. The van der Waals surface area contributed by atoms with Gasteiger partial charge >= 0.3 is 12.1 Å². The van der Waals surface area contributed by atoms with Crippen molar-refractivity contribution in [1.82, 2.24) is 5.32 Å². The first kappa shape index (κ1) is 17.9. The molecule has 0 spiro atoms. The van der Waals surface area contributed by atoms with Gasteiger partial charge in [-0.15, -0.1) is 0 Å². The highest BCUT2D eigenvalue weighted by atomic mass is 32.2. The van der Waals surface area contributed by atoms with Gasteiger partial charge in [0.05, 0.1) is 5.75 Å². The molecule has 0 aromatic heterocycles. The van der Waals surface area contributed by atoms with Crippen molar-refractivity contribution in [2.45, 2.75) is 46.3 Å². The highest BCUT2D eigenvalue weighted by molar-refractivity contribution is 7.85. The van der Waals surface area contributed by atoms with Gasteiger partial charge in [-0.25, -0.2) is 9.59 Å². The van der Waals surface area contributed by atoms with Crippen molar-refractivity contribution in [2.75, 3.05) is 11.5 Å². The minimum Gasteiger partial charge on any atom is -0.480 e. The number of nitrogens with one attached hydrogen (secondary N) is 1. The van der Waals surface area contributed by atoms with Crippen molar-refractivity contribution in [2.24, 2.45) is 5.92 Å². The summed E-state index contributed by atoms with van der Waals surface area (Å²) in [5.74, 6) is -0.730. The Hall–Kier alpha value is -1.11. The lowest BCUT2D eigenvalue weighted by molar-refractivity contribution is -0.138. The molecule has 0 aliphatic rings. The summed E-state index contributed by atoms with van der Waals surface area (Å²) in [6.45, 7) is 8.84. The van der Waals surface area contributed by atoms with Crippen LogP contribution >= 0.6 is 0 Å². The number of amides is 1. The number of carboxylic acid groups (broad SMARTS) is 1. The van der Waals surface area contributed by atoms with Crippen LogP contribution in [0.25, 0.3) is 0 Å². The fourth-order valence-corrected chi connectivity index (χ4v) is 2.73. The van der Waals surface area contributed by atoms with Gasteiger partial charge in [0, 0.05) is 16.6 Å². The zero-order valence-corrected chi connectivity index (χ0v) is 12.9. The van der Waals surface area contributed by atoms with Gasteiger partial charge in [0.15, 0.2) is 0 Å². The van der Waals surface area contributed by atoms with E-state index >= 15 is 0 Å². The van der Waals surface area contributed by atoms with Gasteiger partial charge in [-0.1, -0.05) is 13.8 Å². The first-order valence-corrected chi connectivity index (χ1v) is 7.57. The molecule has 0 heterocycles. The molecule has 2 unspecified atom stereocenters. The summed E-state index contributed by atoms with van der Waals surface area (Å²) in [5, 5.41) is 11.2. The molecule has 2 N–H and O–H groups in total. The van der Waals surface area contributed by atoms with Crippen LogP contribution in [-0.4, -0.2) is 44.5 Å². The van der Waals surface area contributed by atoms with Crippen LogP contribution in [0.1, 0.15) is 34.6 Å². The molecule has 0 saturated heterocycles. The number of hydrogen-bond donors (Lipinski definition) is 2. The molecular formula is C12H23NO5S. The zero-order valence-electron chi connectivity index (χ0n) is 12.1. The van der Waals surface area contributed by atoms with E-state index in [4.69, 9.17) is 9.84 Å². The first-order chi connectivity index (χ1) is 8.51. The Labute approximate surface area is 116 Å². The summed E-state index contributed by atoms with van der Waals surface area (Å²) >= 11 is 0. The van der Waals surface area contributed by atoms with Crippen LogP contribution in [0.5, 0.6) is 0 Å². The average molecular weight is 293 g/mol. The Kier molecular flexibility index (Phi) is 7.04. The Bertz CT molecular complexity index is 349. The van der Waals surface area contributed by atoms with E-state index < -0.39 is 34.5 Å². The van der Waals surface area contributed by atoms with E-state index in [0.29, 0.717) is 5.75 Å². The molecule has 0 bridgehead atoms. The van der Waals surface area contributed by atoms with E-state index in [1.807, 2.05) is 13.8 Å². The molecule has 19 heavy (non-hydrogen) atoms. The van der Waals surface area contributed by atoms with Crippen molar-refractivity contribution >= 4 is 22.9 Å². The smallest absolute Gasteiger partial charge is 0.408 e.